The van der Waals surface area contributed by atoms with Crippen LogP contribution in [0.4, 0.5) is 11.4 Å². The molecule has 3 rings (SSSR count). The Balaban J connectivity index is 2.25. The Labute approximate surface area is 163 Å². The van der Waals surface area contributed by atoms with Crippen molar-refractivity contribution in [2.75, 3.05) is 25.7 Å². The average Bonchev–Trinajstić information content (AvgIpc) is 2.69. The molecular weight excluding hydrogens is 362 g/mol. The van der Waals surface area contributed by atoms with Gasteiger partial charge < -0.3 is 14.4 Å². The second kappa shape index (κ2) is 7.64. The molecule has 0 spiro atoms. The fraction of sp³-hybridized carbons (Fsp3) is 0.333. The van der Waals surface area contributed by atoms with Crippen molar-refractivity contribution in [2.24, 2.45) is 0 Å². The average molecular weight is 385 g/mol. The molecule has 1 unspecified atom stereocenters. The quantitative estimate of drug-likeness (QED) is 0.565. The zero-order valence-corrected chi connectivity index (χ0v) is 16.8. The van der Waals surface area contributed by atoms with Crippen LogP contribution in [-0.2, 0) is 24.5 Å². The number of fused-ring (bicyclic) bond motifs is 2. The van der Waals surface area contributed by atoms with Gasteiger partial charge in [0.25, 0.3) is 0 Å². The van der Waals surface area contributed by atoms with E-state index in [1.165, 1.54) is 7.11 Å². The summed E-state index contributed by atoms with van der Waals surface area (Å²) in [6.07, 6.45) is 0.245. The zero-order chi connectivity index (χ0) is 19.6. The van der Waals surface area contributed by atoms with Gasteiger partial charge in [0.15, 0.2) is 5.41 Å². The lowest BCUT2D eigenvalue weighted by Gasteiger charge is -2.36. The first-order valence-electron chi connectivity index (χ1n) is 8.91. The lowest BCUT2D eigenvalue weighted by Crippen LogP contribution is -2.46. The van der Waals surface area contributed by atoms with E-state index in [-0.39, 0.29) is 13.0 Å². The molecule has 142 valence electrons. The summed E-state index contributed by atoms with van der Waals surface area (Å²) in [5.74, 6) is -1.18. The van der Waals surface area contributed by atoms with E-state index in [0.29, 0.717) is 5.56 Å². The number of carbonyl (C=O) groups excluding carboxylic acids is 2. The van der Waals surface area contributed by atoms with E-state index in [0.717, 1.165) is 21.2 Å². The Bertz CT molecular complexity index is 882. The second-order valence-electron chi connectivity index (χ2n) is 6.25. The van der Waals surface area contributed by atoms with Crippen molar-refractivity contribution in [3.05, 3.63) is 48.0 Å². The van der Waals surface area contributed by atoms with Crippen molar-refractivity contribution in [3.63, 3.8) is 0 Å². The minimum absolute atomic E-state index is 0.194. The third kappa shape index (κ3) is 2.98. The third-order valence-electron chi connectivity index (χ3n) is 4.93. The first-order chi connectivity index (χ1) is 13.0. The molecule has 0 bridgehead atoms. The Kier molecular flexibility index (Phi) is 5.46. The fourth-order valence-corrected chi connectivity index (χ4v) is 4.75. The van der Waals surface area contributed by atoms with E-state index in [1.807, 2.05) is 48.3 Å². The number of nitrogens with zero attached hydrogens (tertiary/aromatic N) is 1. The molecule has 2 aromatic rings. The van der Waals surface area contributed by atoms with Crippen molar-refractivity contribution >= 4 is 35.1 Å². The SMILES string of the molecule is CCOC(=O)C(CC)(C(=O)OC)c1cccc2c1N(C)c1ccccc1S2. The summed E-state index contributed by atoms with van der Waals surface area (Å²) in [5, 5.41) is 0. The van der Waals surface area contributed by atoms with Crippen LogP contribution in [0.5, 0.6) is 0 Å². The summed E-state index contributed by atoms with van der Waals surface area (Å²) in [5.41, 5.74) is 0.969. The summed E-state index contributed by atoms with van der Waals surface area (Å²) < 4.78 is 10.4. The normalized spacial score (nSPS) is 14.6. The third-order valence-corrected chi connectivity index (χ3v) is 6.04. The number of carbonyl (C=O) groups is 2. The highest BCUT2D eigenvalue weighted by molar-refractivity contribution is 7.99. The predicted octanol–water partition coefficient (Wildman–Crippen LogP) is 4.30. The Morgan fingerprint density at radius 2 is 1.74 bits per heavy atom. The van der Waals surface area contributed by atoms with Crippen LogP contribution in [0.3, 0.4) is 0 Å². The van der Waals surface area contributed by atoms with Gasteiger partial charge in [0.05, 0.1) is 25.1 Å². The minimum atomic E-state index is -1.50. The number of hydrogen-bond donors (Lipinski definition) is 0. The van der Waals surface area contributed by atoms with Crippen LogP contribution < -0.4 is 4.90 Å². The summed E-state index contributed by atoms with van der Waals surface area (Å²) >= 11 is 1.63. The van der Waals surface area contributed by atoms with E-state index in [2.05, 4.69) is 6.07 Å². The first kappa shape index (κ1) is 19.3. The van der Waals surface area contributed by atoms with Crippen LogP contribution in [0.2, 0.25) is 0 Å². The van der Waals surface area contributed by atoms with Gasteiger partial charge >= 0.3 is 11.9 Å². The van der Waals surface area contributed by atoms with E-state index >= 15 is 0 Å². The lowest BCUT2D eigenvalue weighted by atomic mass is 9.76. The number of hydrogen-bond acceptors (Lipinski definition) is 6. The van der Waals surface area contributed by atoms with Gasteiger partial charge in [0, 0.05) is 22.4 Å². The Morgan fingerprint density at radius 3 is 2.41 bits per heavy atom. The molecule has 1 heterocycles. The highest BCUT2D eigenvalue weighted by Gasteiger charge is 2.51. The molecule has 6 heteroatoms. The second-order valence-corrected chi connectivity index (χ2v) is 7.34. The summed E-state index contributed by atoms with van der Waals surface area (Å²) in [7, 11) is 3.25. The van der Waals surface area contributed by atoms with Crippen LogP contribution in [0.15, 0.2) is 52.3 Å². The van der Waals surface area contributed by atoms with Crippen molar-refractivity contribution in [3.8, 4) is 0 Å². The van der Waals surface area contributed by atoms with E-state index in [4.69, 9.17) is 9.47 Å². The summed E-state index contributed by atoms with van der Waals surface area (Å²) in [6, 6.07) is 13.7. The van der Waals surface area contributed by atoms with Crippen molar-refractivity contribution in [2.45, 2.75) is 35.5 Å². The van der Waals surface area contributed by atoms with E-state index in [9.17, 15) is 9.59 Å². The zero-order valence-electron chi connectivity index (χ0n) is 15.9. The molecule has 2 aromatic carbocycles. The van der Waals surface area contributed by atoms with E-state index in [1.54, 1.807) is 25.6 Å². The molecule has 0 amide bonds. The largest absolute Gasteiger partial charge is 0.468 e. The van der Waals surface area contributed by atoms with Crippen molar-refractivity contribution < 1.29 is 19.1 Å². The van der Waals surface area contributed by atoms with Gasteiger partial charge in [-0.15, -0.1) is 0 Å². The van der Waals surface area contributed by atoms with Crippen LogP contribution in [-0.4, -0.2) is 32.7 Å². The standard InChI is InChI=1S/C21H23NO4S/c1-5-21(19(23)25-4,20(24)26-6-2)14-10-9-13-17-18(14)22(3)15-11-7-8-12-16(15)27-17/h7-13H,5-6H2,1-4H3. The molecular formula is C21H23NO4S. The van der Waals surface area contributed by atoms with Crippen molar-refractivity contribution in [1.29, 1.82) is 0 Å². The van der Waals surface area contributed by atoms with Gasteiger partial charge in [0.1, 0.15) is 0 Å². The highest BCUT2D eigenvalue weighted by Crippen LogP contribution is 2.51. The molecule has 1 atom stereocenters. The molecule has 0 N–H and O–H groups in total. The summed E-state index contributed by atoms with van der Waals surface area (Å²) in [6.45, 7) is 3.73. The number of methoxy groups -OCH3 is 1. The van der Waals surface area contributed by atoms with Gasteiger partial charge in [-0.05, 0) is 31.5 Å². The number of anilines is 2. The summed E-state index contributed by atoms with van der Waals surface area (Å²) in [4.78, 5) is 30.0. The first-order valence-corrected chi connectivity index (χ1v) is 9.72. The number of rotatable bonds is 5. The maximum absolute atomic E-state index is 13.0. The van der Waals surface area contributed by atoms with Gasteiger partial charge in [0.2, 0.25) is 0 Å². The molecule has 1 aliphatic heterocycles. The maximum atomic E-state index is 13.0. The van der Waals surface area contributed by atoms with Gasteiger partial charge in [-0.3, -0.25) is 9.59 Å². The number of ether oxygens (including phenoxy) is 2. The van der Waals surface area contributed by atoms with Crippen LogP contribution >= 0.6 is 11.8 Å². The molecule has 0 saturated heterocycles. The number of esters is 2. The van der Waals surface area contributed by atoms with E-state index < -0.39 is 17.4 Å². The van der Waals surface area contributed by atoms with Crippen LogP contribution in [0.1, 0.15) is 25.8 Å². The van der Waals surface area contributed by atoms with Gasteiger partial charge in [-0.2, -0.15) is 0 Å². The predicted molar refractivity (Wildman–Crippen MR) is 106 cm³/mol. The Hall–Kier alpha value is -2.47. The van der Waals surface area contributed by atoms with Gasteiger partial charge in [-0.25, -0.2) is 0 Å². The molecule has 0 aliphatic carbocycles. The minimum Gasteiger partial charge on any atom is -0.468 e. The van der Waals surface area contributed by atoms with Crippen LogP contribution in [0, 0.1) is 0 Å². The Morgan fingerprint density at radius 1 is 1.04 bits per heavy atom. The lowest BCUT2D eigenvalue weighted by molar-refractivity contribution is -0.163. The molecule has 0 aromatic heterocycles. The molecule has 0 saturated carbocycles. The van der Waals surface area contributed by atoms with Gasteiger partial charge in [-0.1, -0.05) is 43.0 Å². The van der Waals surface area contributed by atoms with Crippen LogP contribution in [0.25, 0.3) is 0 Å². The molecule has 0 fully saturated rings. The molecule has 5 nitrogen and oxygen atoms in total. The highest BCUT2D eigenvalue weighted by atomic mass is 32.2. The maximum Gasteiger partial charge on any atom is 0.328 e. The topological polar surface area (TPSA) is 55.8 Å². The smallest absolute Gasteiger partial charge is 0.328 e. The monoisotopic (exact) mass is 385 g/mol. The molecule has 27 heavy (non-hydrogen) atoms. The number of para-hydroxylation sites is 2. The molecule has 0 radical (unpaired) electrons. The fourth-order valence-electron chi connectivity index (χ4n) is 3.57. The number of benzene rings is 2. The van der Waals surface area contributed by atoms with Crippen molar-refractivity contribution in [1.82, 2.24) is 0 Å². The molecule has 1 aliphatic rings.